The lowest BCUT2D eigenvalue weighted by atomic mass is 10.1. The van der Waals surface area contributed by atoms with Gasteiger partial charge < -0.3 is 10.0 Å². The average molecular weight is 207 g/mol. The summed E-state index contributed by atoms with van der Waals surface area (Å²) < 4.78 is 0. The Bertz CT molecular complexity index is 268. The van der Waals surface area contributed by atoms with Crippen LogP contribution in [-0.4, -0.2) is 24.7 Å². The highest BCUT2D eigenvalue weighted by Gasteiger charge is 2.09. The largest absolute Gasteiger partial charge is 0.483 e. The third-order valence-corrected chi connectivity index (χ3v) is 2.48. The Morgan fingerprint density at radius 1 is 1.07 bits per heavy atom. The second-order valence-corrected chi connectivity index (χ2v) is 3.49. The van der Waals surface area contributed by atoms with E-state index in [1.54, 1.807) is 0 Å². The molecule has 1 aliphatic rings. The monoisotopic (exact) mass is 207 g/mol. The number of hydrogen-bond acceptors (Lipinski definition) is 2. The molecule has 0 saturated carbocycles. The van der Waals surface area contributed by atoms with Crippen molar-refractivity contribution in [3.63, 3.8) is 0 Å². The van der Waals surface area contributed by atoms with Gasteiger partial charge in [-0.15, -0.1) is 0 Å². The minimum Gasteiger partial charge on any atom is -0.483 e. The maximum atomic E-state index is 8.36. The van der Waals surface area contributed by atoms with Gasteiger partial charge in [-0.2, -0.15) is 0 Å². The molecule has 3 nitrogen and oxygen atoms in total. The van der Waals surface area contributed by atoms with Gasteiger partial charge in [0.15, 0.2) is 0 Å². The van der Waals surface area contributed by atoms with Crippen LogP contribution >= 0.6 is 0 Å². The standard InChI is InChI=1S/C11H15N.CH2O2/c1-3-7-11(8-4-1)12-9-5-2-6-10-12;2-1-3/h1,3-4,7-8H,2,5-6,9-10H2;1H,(H,2,3). The summed E-state index contributed by atoms with van der Waals surface area (Å²) in [6.07, 6.45) is 4.12. The summed E-state index contributed by atoms with van der Waals surface area (Å²) in [5.41, 5.74) is 1.39. The maximum Gasteiger partial charge on any atom is 0.290 e. The number of rotatable bonds is 1. The lowest BCUT2D eigenvalue weighted by Crippen LogP contribution is -2.29. The molecule has 0 bridgehead atoms. The number of anilines is 1. The van der Waals surface area contributed by atoms with Gasteiger partial charge in [0.2, 0.25) is 0 Å². The minimum absolute atomic E-state index is 0.250. The van der Waals surface area contributed by atoms with Gasteiger partial charge in [0.1, 0.15) is 0 Å². The second kappa shape index (κ2) is 6.87. The molecule has 0 atom stereocenters. The SMILES string of the molecule is O=CO.c1ccc(N2CCCCC2)cc1. The van der Waals surface area contributed by atoms with E-state index in [1.807, 2.05) is 0 Å². The Labute approximate surface area is 90.3 Å². The first-order valence-corrected chi connectivity index (χ1v) is 5.26. The van der Waals surface area contributed by atoms with Gasteiger partial charge in [-0.05, 0) is 31.4 Å². The van der Waals surface area contributed by atoms with Crippen molar-refractivity contribution in [3.05, 3.63) is 30.3 Å². The molecule has 2 rings (SSSR count). The molecule has 1 aromatic carbocycles. The zero-order valence-corrected chi connectivity index (χ0v) is 8.80. The van der Waals surface area contributed by atoms with Gasteiger partial charge in [-0.1, -0.05) is 18.2 Å². The van der Waals surface area contributed by atoms with Crippen LogP contribution in [0.4, 0.5) is 5.69 Å². The summed E-state index contributed by atoms with van der Waals surface area (Å²) in [5, 5.41) is 6.89. The molecule has 1 heterocycles. The third kappa shape index (κ3) is 4.02. The quantitative estimate of drug-likeness (QED) is 0.719. The van der Waals surface area contributed by atoms with Crippen LogP contribution in [0.15, 0.2) is 30.3 Å². The molecule has 0 radical (unpaired) electrons. The van der Waals surface area contributed by atoms with E-state index in [9.17, 15) is 0 Å². The van der Waals surface area contributed by atoms with Crippen molar-refractivity contribution in [1.82, 2.24) is 0 Å². The van der Waals surface area contributed by atoms with Crippen LogP contribution in [0.2, 0.25) is 0 Å². The first-order valence-electron chi connectivity index (χ1n) is 5.26. The summed E-state index contributed by atoms with van der Waals surface area (Å²) in [5.74, 6) is 0. The molecule has 0 amide bonds. The molecule has 0 unspecified atom stereocenters. The molecule has 3 heteroatoms. The van der Waals surface area contributed by atoms with Crippen LogP contribution in [0.1, 0.15) is 19.3 Å². The molecule has 1 aliphatic heterocycles. The average Bonchev–Trinajstić information content (AvgIpc) is 2.32. The zero-order chi connectivity index (χ0) is 10.9. The number of nitrogens with zero attached hydrogens (tertiary/aromatic N) is 1. The number of benzene rings is 1. The van der Waals surface area contributed by atoms with Gasteiger partial charge in [0, 0.05) is 18.8 Å². The van der Waals surface area contributed by atoms with Crippen molar-refractivity contribution in [1.29, 1.82) is 0 Å². The van der Waals surface area contributed by atoms with Crippen molar-refractivity contribution in [2.24, 2.45) is 0 Å². The van der Waals surface area contributed by atoms with Crippen LogP contribution in [0, 0.1) is 0 Å². The molecule has 0 spiro atoms. The predicted molar refractivity (Wildman–Crippen MR) is 61.2 cm³/mol. The van der Waals surface area contributed by atoms with Gasteiger partial charge >= 0.3 is 0 Å². The Morgan fingerprint density at radius 3 is 2.13 bits per heavy atom. The summed E-state index contributed by atoms with van der Waals surface area (Å²) >= 11 is 0. The van der Waals surface area contributed by atoms with Crippen LogP contribution < -0.4 is 4.90 Å². The van der Waals surface area contributed by atoms with Crippen molar-refractivity contribution in [2.45, 2.75) is 19.3 Å². The molecule has 82 valence electrons. The molecular weight excluding hydrogens is 190 g/mol. The van der Waals surface area contributed by atoms with Crippen molar-refractivity contribution in [3.8, 4) is 0 Å². The fourth-order valence-electron chi connectivity index (χ4n) is 1.79. The van der Waals surface area contributed by atoms with Crippen molar-refractivity contribution < 1.29 is 9.90 Å². The molecule has 0 aromatic heterocycles. The van der Waals surface area contributed by atoms with E-state index in [2.05, 4.69) is 35.2 Å². The number of piperidine rings is 1. The van der Waals surface area contributed by atoms with Gasteiger partial charge in [0.05, 0.1) is 0 Å². The maximum absolute atomic E-state index is 8.36. The van der Waals surface area contributed by atoms with Gasteiger partial charge in [-0.25, -0.2) is 0 Å². The summed E-state index contributed by atoms with van der Waals surface area (Å²) in [6, 6.07) is 10.7. The van der Waals surface area contributed by atoms with Crippen LogP contribution in [0.5, 0.6) is 0 Å². The van der Waals surface area contributed by atoms with Gasteiger partial charge in [0.25, 0.3) is 6.47 Å². The van der Waals surface area contributed by atoms with Crippen molar-refractivity contribution >= 4 is 12.2 Å². The molecular formula is C12H17NO2. The fraction of sp³-hybridized carbons (Fsp3) is 0.417. The van der Waals surface area contributed by atoms with E-state index in [0.29, 0.717) is 0 Å². The van der Waals surface area contributed by atoms with E-state index >= 15 is 0 Å². The highest BCUT2D eigenvalue weighted by Crippen LogP contribution is 2.18. The topological polar surface area (TPSA) is 40.5 Å². The smallest absolute Gasteiger partial charge is 0.290 e. The van der Waals surface area contributed by atoms with Crippen LogP contribution in [-0.2, 0) is 4.79 Å². The first-order chi connectivity index (χ1) is 7.38. The van der Waals surface area contributed by atoms with Crippen LogP contribution in [0.25, 0.3) is 0 Å². The Balaban J connectivity index is 0.000000337. The Kier molecular flexibility index (Phi) is 5.30. The third-order valence-electron chi connectivity index (χ3n) is 2.48. The summed E-state index contributed by atoms with van der Waals surface area (Å²) in [6.45, 7) is 2.23. The van der Waals surface area contributed by atoms with E-state index in [1.165, 1.54) is 38.0 Å². The van der Waals surface area contributed by atoms with E-state index in [0.717, 1.165) is 0 Å². The molecule has 1 N–H and O–H groups in total. The lowest BCUT2D eigenvalue weighted by molar-refractivity contribution is -0.122. The highest BCUT2D eigenvalue weighted by molar-refractivity contribution is 5.46. The van der Waals surface area contributed by atoms with E-state index in [4.69, 9.17) is 9.90 Å². The normalized spacial score (nSPS) is 15.1. The zero-order valence-electron chi connectivity index (χ0n) is 8.80. The number of carboxylic acid groups (broad SMARTS) is 1. The Hall–Kier alpha value is -1.51. The highest BCUT2D eigenvalue weighted by atomic mass is 16.3. The summed E-state index contributed by atoms with van der Waals surface area (Å²) in [4.78, 5) is 10.8. The summed E-state index contributed by atoms with van der Waals surface area (Å²) in [7, 11) is 0. The van der Waals surface area contributed by atoms with Crippen LogP contribution in [0.3, 0.4) is 0 Å². The van der Waals surface area contributed by atoms with E-state index in [-0.39, 0.29) is 6.47 Å². The molecule has 1 saturated heterocycles. The second-order valence-electron chi connectivity index (χ2n) is 3.49. The predicted octanol–water partition coefficient (Wildman–Crippen LogP) is 2.38. The van der Waals surface area contributed by atoms with E-state index < -0.39 is 0 Å². The fourth-order valence-corrected chi connectivity index (χ4v) is 1.79. The lowest BCUT2D eigenvalue weighted by Gasteiger charge is -2.28. The Morgan fingerprint density at radius 2 is 1.60 bits per heavy atom. The van der Waals surface area contributed by atoms with Gasteiger partial charge in [-0.3, -0.25) is 4.79 Å². The molecule has 0 aliphatic carbocycles. The number of carbonyl (C=O) groups is 1. The first kappa shape index (κ1) is 11.6. The molecule has 1 aromatic rings. The molecule has 15 heavy (non-hydrogen) atoms. The van der Waals surface area contributed by atoms with Crippen molar-refractivity contribution in [2.75, 3.05) is 18.0 Å². The minimum atomic E-state index is -0.250. The number of hydrogen-bond donors (Lipinski definition) is 1. The molecule has 1 fully saturated rings. The number of para-hydroxylation sites is 1.